The molecule has 1 aliphatic heterocycles. The molecular weight excluding hydrogens is 454 g/mol. The highest BCUT2D eigenvalue weighted by Crippen LogP contribution is 2.30. The van der Waals surface area contributed by atoms with Crippen molar-refractivity contribution in [2.24, 2.45) is 0 Å². The number of fused-ring (bicyclic) bond motifs is 1. The molecule has 9 heteroatoms. The first-order valence-corrected chi connectivity index (χ1v) is 12.9. The molecule has 0 bridgehead atoms. The van der Waals surface area contributed by atoms with Crippen molar-refractivity contribution in [1.29, 1.82) is 0 Å². The van der Waals surface area contributed by atoms with Crippen molar-refractivity contribution in [3.05, 3.63) is 65.7 Å². The van der Waals surface area contributed by atoms with Crippen molar-refractivity contribution >= 4 is 27.7 Å². The van der Waals surface area contributed by atoms with Gasteiger partial charge in [0.25, 0.3) is 15.9 Å². The van der Waals surface area contributed by atoms with Gasteiger partial charge in [-0.2, -0.15) is 0 Å². The minimum Gasteiger partial charge on any atom is -0.352 e. The molecule has 1 N–H and O–H groups in total. The van der Waals surface area contributed by atoms with Crippen LogP contribution in [-0.4, -0.2) is 54.0 Å². The molecule has 1 aliphatic rings. The first kappa shape index (κ1) is 25.4. The lowest BCUT2D eigenvalue weighted by Crippen LogP contribution is -2.49. The quantitative estimate of drug-likeness (QED) is 0.557. The van der Waals surface area contributed by atoms with Crippen LogP contribution in [0.4, 0.5) is 0 Å². The number of carbonyl (C=O) groups excluding carboxylic acids is 3. The van der Waals surface area contributed by atoms with E-state index in [2.05, 4.69) is 5.32 Å². The topological polar surface area (TPSA) is 104 Å². The molecule has 8 nitrogen and oxygen atoms in total. The average molecular weight is 486 g/mol. The second-order valence-corrected chi connectivity index (χ2v) is 10.3. The standard InChI is InChI=1S/C25H31N3O5S/c1-4-18(2)26-24(30)19(3)27(17-20-11-6-5-7-12-20)23(29)15-10-16-28-25(31)21-13-8-9-14-22(21)34(28,32)33/h5-9,11-14,18-19H,4,10,15-17H2,1-3H3,(H,26,30)/t18-,19-/m1/s1. The maximum Gasteiger partial charge on any atom is 0.269 e. The van der Waals surface area contributed by atoms with E-state index in [4.69, 9.17) is 0 Å². The Balaban J connectivity index is 1.69. The Kier molecular flexibility index (Phi) is 8.09. The van der Waals surface area contributed by atoms with Crippen molar-refractivity contribution < 1.29 is 22.8 Å². The number of sulfonamides is 1. The molecule has 0 saturated carbocycles. The molecule has 0 saturated heterocycles. The predicted octanol–water partition coefficient (Wildman–Crippen LogP) is 2.94. The Morgan fingerprint density at radius 1 is 1.03 bits per heavy atom. The summed E-state index contributed by atoms with van der Waals surface area (Å²) in [5.74, 6) is -1.10. The van der Waals surface area contributed by atoms with Crippen molar-refractivity contribution in [2.75, 3.05) is 6.54 Å². The number of benzene rings is 2. The van der Waals surface area contributed by atoms with E-state index in [0.29, 0.717) is 0 Å². The fourth-order valence-electron chi connectivity index (χ4n) is 3.80. The number of hydrogen-bond acceptors (Lipinski definition) is 5. The Labute approximate surface area is 201 Å². The van der Waals surface area contributed by atoms with E-state index in [-0.39, 0.29) is 54.2 Å². The van der Waals surface area contributed by atoms with Gasteiger partial charge < -0.3 is 10.2 Å². The van der Waals surface area contributed by atoms with Gasteiger partial charge in [-0.25, -0.2) is 12.7 Å². The number of carbonyl (C=O) groups is 3. The minimum atomic E-state index is -3.91. The third-order valence-corrected chi connectivity index (χ3v) is 7.87. The van der Waals surface area contributed by atoms with Gasteiger partial charge in [0.1, 0.15) is 10.9 Å². The van der Waals surface area contributed by atoms with Gasteiger partial charge in [0.15, 0.2) is 0 Å². The third kappa shape index (κ3) is 5.47. The van der Waals surface area contributed by atoms with Crippen LogP contribution in [0.3, 0.4) is 0 Å². The lowest BCUT2D eigenvalue weighted by molar-refractivity contribution is -0.141. The van der Waals surface area contributed by atoms with Crippen LogP contribution in [0.15, 0.2) is 59.5 Å². The highest BCUT2D eigenvalue weighted by atomic mass is 32.2. The Bertz CT molecular complexity index is 1150. The monoisotopic (exact) mass is 485 g/mol. The first-order chi connectivity index (χ1) is 16.2. The molecular formula is C25H31N3O5S. The van der Waals surface area contributed by atoms with Crippen molar-refractivity contribution in [1.82, 2.24) is 14.5 Å². The SMILES string of the molecule is CC[C@@H](C)NC(=O)[C@@H](C)N(Cc1ccccc1)C(=O)CCCN1C(=O)c2ccccc2S1(=O)=O. The lowest BCUT2D eigenvalue weighted by Gasteiger charge is -2.30. The fourth-order valence-corrected chi connectivity index (χ4v) is 5.41. The van der Waals surface area contributed by atoms with E-state index in [1.54, 1.807) is 19.1 Å². The van der Waals surface area contributed by atoms with Gasteiger partial charge in [-0.05, 0) is 44.4 Å². The van der Waals surface area contributed by atoms with Gasteiger partial charge in [0, 0.05) is 25.6 Å². The molecule has 1 heterocycles. The predicted molar refractivity (Wildman–Crippen MR) is 128 cm³/mol. The molecule has 2 aromatic carbocycles. The highest BCUT2D eigenvalue weighted by molar-refractivity contribution is 7.90. The van der Waals surface area contributed by atoms with Gasteiger partial charge in [-0.3, -0.25) is 14.4 Å². The van der Waals surface area contributed by atoms with E-state index >= 15 is 0 Å². The summed E-state index contributed by atoms with van der Waals surface area (Å²) in [6.45, 7) is 5.70. The van der Waals surface area contributed by atoms with Crippen LogP contribution >= 0.6 is 0 Å². The summed E-state index contributed by atoms with van der Waals surface area (Å²) in [6, 6.07) is 14.7. The van der Waals surface area contributed by atoms with E-state index in [9.17, 15) is 22.8 Å². The fraction of sp³-hybridized carbons (Fsp3) is 0.400. The molecule has 0 radical (unpaired) electrons. The first-order valence-electron chi connectivity index (χ1n) is 11.5. The highest BCUT2D eigenvalue weighted by Gasteiger charge is 2.40. The van der Waals surface area contributed by atoms with Gasteiger partial charge in [-0.15, -0.1) is 0 Å². The summed E-state index contributed by atoms with van der Waals surface area (Å²) in [6.07, 6.45) is 0.929. The van der Waals surface area contributed by atoms with Gasteiger partial charge in [0.2, 0.25) is 11.8 Å². The van der Waals surface area contributed by atoms with Crippen molar-refractivity contribution in [2.45, 2.75) is 63.6 Å². The number of nitrogens with one attached hydrogen (secondary N) is 1. The molecule has 182 valence electrons. The van der Waals surface area contributed by atoms with Gasteiger partial charge in [0.05, 0.1) is 5.56 Å². The largest absolute Gasteiger partial charge is 0.352 e. The van der Waals surface area contributed by atoms with E-state index in [0.717, 1.165) is 16.3 Å². The Morgan fingerprint density at radius 2 is 1.68 bits per heavy atom. The molecule has 2 aromatic rings. The zero-order valence-electron chi connectivity index (χ0n) is 19.7. The Morgan fingerprint density at radius 3 is 2.32 bits per heavy atom. The van der Waals surface area contributed by atoms with E-state index in [1.807, 2.05) is 44.2 Å². The van der Waals surface area contributed by atoms with Crippen LogP contribution in [-0.2, 0) is 26.2 Å². The zero-order valence-corrected chi connectivity index (χ0v) is 20.5. The molecule has 0 aromatic heterocycles. The minimum absolute atomic E-state index is 0.00340. The molecule has 0 fully saturated rings. The molecule has 34 heavy (non-hydrogen) atoms. The van der Waals surface area contributed by atoms with Crippen LogP contribution in [0.1, 0.15) is 56.0 Å². The van der Waals surface area contributed by atoms with E-state index < -0.39 is 22.0 Å². The molecule has 3 rings (SSSR count). The Hall–Kier alpha value is -3.20. The van der Waals surface area contributed by atoms with Crippen LogP contribution in [0.25, 0.3) is 0 Å². The normalized spacial score (nSPS) is 16.0. The molecule has 2 atom stereocenters. The summed E-state index contributed by atoms with van der Waals surface area (Å²) in [5, 5.41) is 2.91. The molecule has 3 amide bonds. The molecule has 0 spiro atoms. The second-order valence-electron chi connectivity index (χ2n) is 8.48. The van der Waals surface area contributed by atoms with Crippen molar-refractivity contribution in [3.63, 3.8) is 0 Å². The zero-order chi connectivity index (χ0) is 24.9. The summed E-state index contributed by atoms with van der Waals surface area (Å²) in [7, 11) is -3.91. The van der Waals surface area contributed by atoms with Gasteiger partial charge >= 0.3 is 0 Å². The summed E-state index contributed by atoms with van der Waals surface area (Å²) < 4.78 is 26.3. The van der Waals surface area contributed by atoms with Crippen LogP contribution < -0.4 is 5.32 Å². The van der Waals surface area contributed by atoms with E-state index in [1.165, 1.54) is 17.0 Å². The van der Waals surface area contributed by atoms with Crippen molar-refractivity contribution in [3.8, 4) is 0 Å². The van der Waals surface area contributed by atoms with Crippen LogP contribution in [0.5, 0.6) is 0 Å². The second kappa shape index (κ2) is 10.8. The summed E-state index contributed by atoms with van der Waals surface area (Å²) >= 11 is 0. The molecule has 0 unspecified atom stereocenters. The lowest BCUT2D eigenvalue weighted by atomic mass is 10.1. The smallest absolute Gasteiger partial charge is 0.269 e. The third-order valence-electron chi connectivity index (χ3n) is 6.03. The maximum absolute atomic E-state index is 13.2. The number of hydrogen-bond donors (Lipinski definition) is 1. The summed E-state index contributed by atoms with van der Waals surface area (Å²) in [4.78, 5) is 40.0. The number of amides is 3. The van der Waals surface area contributed by atoms with Crippen LogP contribution in [0.2, 0.25) is 0 Å². The van der Waals surface area contributed by atoms with Crippen LogP contribution in [0, 0.1) is 0 Å². The molecule has 0 aliphatic carbocycles. The number of rotatable bonds is 10. The summed E-state index contributed by atoms with van der Waals surface area (Å²) in [5.41, 5.74) is 1.03. The number of nitrogens with zero attached hydrogens (tertiary/aromatic N) is 2. The van der Waals surface area contributed by atoms with Gasteiger partial charge in [-0.1, -0.05) is 49.4 Å². The maximum atomic E-state index is 13.2. The average Bonchev–Trinajstić information content (AvgIpc) is 3.03.